The van der Waals surface area contributed by atoms with E-state index in [0.29, 0.717) is 6.04 Å². The van der Waals surface area contributed by atoms with Gasteiger partial charge in [-0.1, -0.05) is 0 Å². The van der Waals surface area contributed by atoms with E-state index in [1.165, 1.54) is 11.4 Å². The van der Waals surface area contributed by atoms with Crippen molar-refractivity contribution in [1.82, 2.24) is 15.2 Å². The molecule has 1 N–H and O–H groups in total. The summed E-state index contributed by atoms with van der Waals surface area (Å²) < 4.78 is 1.12. The molecule has 5 heteroatoms. The molecule has 0 spiro atoms. The molecular formula is C9H14BrN3S. The second kappa shape index (κ2) is 4.70. The highest BCUT2D eigenvalue weighted by molar-refractivity contribution is 9.11. The summed E-state index contributed by atoms with van der Waals surface area (Å²) in [7, 11) is 2.17. The van der Waals surface area contributed by atoms with Gasteiger partial charge in [-0.2, -0.15) is 0 Å². The van der Waals surface area contributed by atoms with Crippen molar-refractivity contribution >= 4 is 27.3 Å². The Morgan fingerprint density at radius 2 is 2.64 bits per heavy atom. The molecule has 0 amide bonds. The fourth-order valence-corrected chi connectivity index (χ4v) is 3.09. The minimum atomic E-state index is 0.678. The summed E-state index contributed by atoms with van der Waals surface area (Å²) >= 11 is 5.15. The zero-order valence-corrected chi connectivity index (χ0v) is 10.6. The van der Waals surface area contributed by atoms with Crippen LogP contribution in [-0.4, -0.2) is 36.1 Å². The van der Waals surface area contributed by atoms with Crippen molar-refractivity contribution in [2.24, 2.45) is 0 Å². The Bertz CT molecular complexity index is 296. The van der Waals surface area contributed by atoms with Crippen LogP contribution in [0.1, 0.15) is 11.4 Å². The number of halogens is 1. The van der Waals surface area contributed by atoms with Crippen molar-refractivity contribution in [1.29, 1.82) is 0 Å². The quantitative estimate of drug-likeness (QED) is 0.910. The minimum Gasteiger partial charge on any atom is -0.315 e. The van der Waals surface area contributed by atoms with Crippen molar-refractivity contribution in [3.8, 4) is 0 Å². The van der Waals surface area contributed by atoms with Gasteiger partial charge in [0.15, 0.2) is 0 Å². The maximum atomic E-state index is 4.34. The third-order valence-electron chi connectivity index (χ3n) is 2.57. The minimum absolute atomic E-state index is 0.678. The normalized spacial score (nSPS) is 22.1. The maximum absolute atomic E-state index is 4.34. The molecule has 0 aliphatic carbocycles. The van der Waals surface area contributed by atoms with Gasteiger partial charge in [-0.25, -0.2) is 4.98 Å². The Morgan fingerprint density at radius 1 is 1.79 bits per heavy atom. The molecule has 1 aliphatic heterocycles. The van der Waals surface area contributed by atoms with Crippen molar-refractivity contribution in [3.05, 3.63) is 15.0 Å². The van der Waals surface area contributed by atoms with Gasteiger partial charge in [-0.05, 0) is 35.9 Å². The SMILES string of the molecule is CN(Cc1ncc(Br)s1)C1CCNC1. The Balaban J connectivity index is 1.90. The molecule has 78 valence electrons. The van der Waals surface area contributed by atoms with E-state index in [0.717, 1.165) is 23.4 Å². The molecule has 1 fully saturated rings. The Morgan fingerprint density at radius 3 is 3.21 bits per heavy atom. The molecule has 1 aromatic rings. The molecule has 0 aromatic carbocycles. The monoisotopic (exact) mass is 275 g/mol. The molecule has 2 rings (SSSR count). The van der Waals surface area contributed by atoms with Gasteiger partial charge in [0.25, 0.3) is 0 Å². The summed E-state index contributed by atoms with van der Waals surface area (Å²) in [5.41, 5.74) is 0. The van der Waals surface area contributed by atoms with Gasteiger partial charge in [0.05, 0.1) is 16.5 Å². The Labute approximate surface area is 96.7 Å². The van der Waals surface area contributed by atoms with Crippen LogP contribution < -0.4 is 5.32 Å². The average molecular weight is 276 g/mol. The lowest BCUT2D eigenvalue weighted by Gasteiger charge is -2.21. The predicted octanol–water partition coefficient (Wildman–Crippen LogP) is 1.70. The van der Waals surface area contributed by atoms with Crippen LogP contribution >= 0.6 is 27.3 Å². The zero-order valence-electron chi connectivity index (χ0n) is 8.16. The number of hydrogen-bond acceptors (Lipinski definition) is 4. The molecule has 2 heterocycles. The summed E-state index contributed by atoms with van der Waals surface area (Å²) in [5.74, 6) is 0. The fraction of sp³-hybridized carbons (Fsp3) is 0.667. The van der Waals surface area contributed by atoms with Crippen LogP contribution in [0.3, 0.4) is 0 Å². The van der Waals surface area contributed by atoms with E-state index in [9.17, 15) is 0 Å². The molecule has 0 radical (unpaired) electrons. The highest BCUT2D eigenvalue weighted by Crippen LogP contribution is 2.21. The lowest BCUT2D eigenvalue weighted by molar-refractivity contribution is 0.248. The van der Waals surface area contributed by atoms with E-state index < -0.39 is 0 Å². The summed E-state index contributed by atoms with van der Waals surface area (Å²) in [5, 5.41) is 4.56. The van der Waals surface area contributed by atoms with Gasteiger partial charge < -0.3 is 5.32 Å². The number of aromatic nitrogens is 1. The van der Waals surface area contributed by atoms with Crippen molar-refractivity contribution < 1.29 is 0 Å². The molecule has 1 unspecified atom stereocenters. The first-order chi connectivity index (χ1) is 6.75. The Kier molecular flexibility index (Phi) is 3.54. The Hall–Kier alpha value is 0.0300. The summed E-state index contributed by atoms with van der Waals surface area (Å²) in [6.45, 7) is 3.22. The molecule has 0 saturated carbocycles. The summed E-state index contributed by atoms with van der Waals surface area (Å²) in [6.07, 6.45) is 3.13. The first kappa shape index (κ1) is 10.5. The molecule has 1 atom stereocenters. The standard InChI is InChI=1S/C9H14BrN3S/c1-13(7-2-3-11-4-7)6-9-12-5-8(10)14-9/h5,7,11H,2-4,6H2,1H3. The molecule has 1 saturated heterocycles. The van der Waals surface area contributed by atoms with Crippen LogP contribution in [-0.2, 0) is 6.54 Å². The lowest BCUT2D eigenvalue weighted by atomic mass is 10.2. The van der Waals surface area contributed by atoms with Gasteiger partial charge in [0, 0.05) is 12.6 Å². The highest BCUT2D eigenvalue weighted by atomic mass is 79.9. The first-order valence-electron chi connectivity index (χ1n) is 4.77. The fourth-order valence-electron chi connectivity index (χ4n) is 1.72. The predicted molar refractivity (Wildman–Crippen MR) is 62.6 cm³/mol. The van der Waals surface area contributed by atoms with Crippen LogP contribution in [0.15, 0.2) is 9.98 Å². The molecule has 0 bridgehead atoms. The second-order valence-corrected chi connectivity index (χ2v) is 6.11. The number of hydrogen-bond donors (Lipinski definition) is 1. The van der Waals surface area contributed by atoms with Crippen LogP contribution in [0.4, 0.5) is 0 Å². The summed E-state index contributed by atoms with van der Waals surface area (Å²) in [6, 6.07) is 0.678. The van der Waals surface area contributed by atoms with Crippen LogP contribution in [0.25, 0.3) is 0 Å². The van der Waals surface area contributed by atoms with Crippen molar-refractivity contribution in [3.63, 3.8) is 0 Å². The third kappa shape index (κ3) is 2.53. The molecular weight excluding hydrogens is 262 g/mol. The van der Waals surface area contributed by atoms with Crippen molar-refractivity contribution in [2.45, 2.75) is 19.0 Å². The van der Waals surface area contributed by atoms with Gasteiger partial charge in [-0.3, -0.25) is 4.90 Å². The molecule has 1 aromatic heterocycles. The number of thiazole rings is 1. The molecule has 1 aliphatic rings. The van der Waals surface area contributed by atoms with Gasteiger partial charge in [0.1, 0.15) is 5.01 Å². The van der Waals surface area contributed by atoms with E-state index in [-0.39, 0.29) is 0 Å². The summed E-state index contributed by atoms with van der Waals surface area (Å²) in [4.78, 5) is 6.72. The maximum Gasteiger partial charge on any atom is 0.108 e. The van der Waals surface area contributed by atoms with Gasteiger partial charge in [-0.15, -0.1) is 11.3 Å². The van der Waals surface area contributed by atoms with Crippen LogP contribution in [0, 0.1) is 0 Å². The molecule has 14 heavy (non-hydrogen) atoms. The number of nitrogens with one attached hydrogen (secondary N) is 1. The largest absolute Gasteiger partial charge is 0.315 e. The topological polar surface area (TPSA) is 28.2 Å². The third-order valence-corrected chi connectivity index (χ3v) is 4.03. The zero-order chi connectivity index (χ0) is 9.97. The van der Waals surface area contributed by atoms with E-state index in [2.05, 4.69) is 38.2 Å². The van der Waals surface area contributed by atoms with E-state index >= 15 is 0 Å². The van der Waals surface area contributed by atoms with Crippen LogP contribution in [0.5, 0.6) is 0 Å². The number of nitrogens with zero attached hydrogens (tertiary/aromatic N) is 2. The van der Waals surface area contributed by atoms with E-state index in [1.807, 2.05) is 6.20 Å². The van der Waals surface area contributed by atoms with Crippen molar-refractivity contribution in [2.75, 3.05) is 20.1 Å². The van der Waals surface area contributed by atoms with E-state index in [1.54, 1.807) is 11.3 Å². The smallest absolute Gasteiger partial charge is 0.108 e. The molecule has 3 nitrogen and oxygen atoms in total. The number of rotatable bonds is 3. The average Bonchev–Trinajstić information content (AvgIpc) is 2.75. The van der Waals surface area contributed by atoms with Gasteiger partial charge in [0.2, 0.25) is 0 Å². The lowest BCUT2D eigenvalue weighted by Crippen LogP contribution is -2.32. The second-order valence-electron chi connectivity index (χ2n) is 3.62. The first-order valence-corrected chi connectivity index (χ1v) is 6.38. The highest BCUT2D eigenvalue weighted by Gasteiger charge is 2.19. The van der Waals surface area contributed by atoms with Crippen LogP contribution in [0.2, 0.25) is 0 Å². The van der Waals surface area contributed by atoms with E-state index in [4.69, 9.17) is 0 Å². The van der Waals surface area contributed by atoms with Gasteiger partial charge >= 0.3 is 0 Å². The number of likely N-dealkylation sites (N-methyl/N-ethyl adjacent to an activating group) is 1.